The molecule has 0 saturated carbocycles. The second kappa shape index (κ2) is 4.99. The van der Waals surface area contributed by atoms with E-state index in [9.17, 15) is 13.6 Å². The van der Waals surface area contributed by atoms with E-state index in [0.717, 1.165) is 18.2 Å². The van der Waals surface area contributed by atoms with E-state index >= 15 is 0 Å². The highest BCUT2D eigenvalue weighted by atomic mass is 19.1. The van der Waals surface area contributed by atoms with Crippen LogP contribution < -0.4 is 11.3 Å². The number of nitrogens with one attached hydrogen (secondary N) is 1. The second-order valence-corrected chi connectivity index (χ2v) is 4.46. The molecule has 0 radical (unpaired) electrons. The van der Waals surface area contributed by atoms with E-state index < -0.39 is 17.5 Å². The smallest absolute Gasteiger partial charge is 0.265 e. The van der Waals surface area contributed by atoms with Crippen LogP contribution in [0.15, 0.2) is 47.1 Å². The molecule has 3 rings (SSSR count). The minimum atomic E-state index is -0.576. The van der Waals surface area contributed by atoms with E-state index in [1.807, 2.05) is 5.43 Å². The normalized spacial score (nSPS) is 10.8. The van der Waals surface area contributed by atoms with Crippen LogP contribution in [-0.2, 0) is 0 Å². The maximum Gasteiger partial charge on any atom is 0.265 e. The maximum atomic E-state index is 13.9. The predicted octanol–water partition coefficient (Wildman–Crippen LogP) is 2.98. The molecule has 106 valence electrons. The predicted molar refractivity (Wildman–Crippen MR) is 73.2 cm³/mol. The van der Waals surface area contributed by atoms with Crippen LogP contribution in [0.2, 0.25) is 0 Å². The summed E-state index contributed by atoms with van der Waals surface area (Å²) in [6.45, 7) is 0. The molecule has 0 aliphatic carbocycles. The quantitative estimate of drug-likeness (QED) is 0.433. The summed E-state index contributed by atoms with van der Waals surface area (Å²) in [5.41, 5.74) is 3.21. The van der Waals surface area contributed by atoms with Crippen LogP contribution in [0.4, 0.5) is 8.78 Å². The van der Waals surface area contributed by atoms with Gasteiger partial charge in [0.2, 0.25) is 0 Å². The van der Waals surface area contributed by atoms with Crippen molar-refractivity contribution >= 4 is 16.9 Å². The number of hydrazine groups is 1. The largest absolute Gasteiger partial charge is 0.464 e. The number of rotatable bonds is 2. The van der Waals surface area contributed by atoms with Crippen LogP contribution in [0.1, 0.15) is 10.4 Å². The van der Waals surface area contributed by atoms with Gasteiger partial charge in [-0.15, -0.1) is 0 Å². The minimum absolute atomic E-state index is 0.0686. The van der Waals surface area contributed by atoms with E-state index in [4.69, 9.17) is 10.3 Å². The summed E-state index contributed by atoms with van der Waals surface area (Å²) in [6.07, 6.45) is 1.33. The SMILES string of the molecule is NNC(=O)c1ccc2occ(-c3cc(F)ccc3F)c2c1. The molecule has 0 unspecified atom stereocenters. The van der Waals surface area contributed by atoms with E-state index in [1.165, 1.54) is 18.4 Å². The number of carbonyl (C=O) groups excluding carboxylic acids is 1. The van der Waals surface area contributed by atoms with Crippen LogP contribution in [0.3, 0.4) is 0 Å². The molecule has 0 saturated heterocycles. The molecule has 3 N–H and O–H groups in total. The van der Waals surface area contributed by atoms with Crippen LogP contribution in [0.25, 0.3) is 22.1 Å². The highest BCUT2D eigenvalue weighted by Gasteiger charge is 2.15. The number of fused-ring (bicyclic) bond motifs is 1. The molecule has 2 aromatic carbocycles. The summed E-state index contributed by atoms with van der Waals surface area (Å²) in [4.78, 5) is 11.5. The zero-order valence-corrected chi connectivity index (χ0v) is 10.7. The lowest BCUT2D eigenvalue weighted by molar-refractivity contribution is 0.0954. The van der Waals surface area contributed by atoms with Crippen molar-refractivity contribution < 1.29 is 18.0 Å². The lowest BCUT2D eigenvalue weighted by Gasteiger charge is -2.03. The molecule has 1 heterocycles. The minimum Gasteiger partial charge on any atom is -0.464 e. The molecule has 1 amide bonds. The van der Waals surface area contributed by atoms with Crippen molar-refractivity contribution in [1.82, 2.24) is 5.43 Å². The Morgan fingerprint density at radius 1 is 1.10 bits per heavy atom. The van der Waals surface area contributed by atoms with Crippen molar-refractivity contribution in [3.8, 4) is 11.1 Å². The molecule has 6 heteroatoms. The third kappa shape index (κ3) is 2.25. The maximum absolute atomic E-state index is 13.9. The first-order valence-electron chi connectivity index (χ1n) is 6.08. The topological polar surface area (TPSA) is 68.3 Å². The van der Waals surface area contributed by atoms with E-state index in [2.05, 4.69) is 0 Å². The molecule has 0 aliphatic heterocycles. The fraction of sp³-hybridized carbons (Fsp3) is 0. The van der Waals surface area contributed by atoms with Gasteiger partial charge in [-0.25, -0.2) is 14.6 Å². The first kappa shape index (κ1) is 13.3. The lowest BCUT2D eigenvalue weighted by atomic mass is 10.0. The third-order valence-corrected chi connectivity index (χ3v) is 3.19. The van der Waals surface area contributed by atoms with Gasteiger partial charge in [-0.05, 0) is 36.4 Å². The number of hydrogen-bond acceptors (Lipinski definition) is 3. The first-order valence-corrected chi connectivity index (χ1v) is 6.08. The monoisotopic (exact) mass is 288 g/mol. The van der Waals surface area contributed by atoms with Gasteiger partial charge >= 0.3 is 0 Å². The Kier molecular flexibility index (Phi) is 3.15. The van der Waals surface area contributed by atoms with E-state index in [1.54, 1.807) is 6.07 Å². The number of hydrogen-bond donors (Lipinski definition) is 2. The summed E-state index contributed by atoms with van der Waals surface area (Å²) in [5, 5.41) is 0.501. The Labute approximate surface area is 118 Å². The summed E-state index contributed by atoms with van der Waals surface area (Å²) >= 11 is 0. The molecule has 0 fully saturated rings. The van der Waals surface area contributed by atoms with Gasteiger partial charge < -0.3 is 4.42 Å². The van der Waals surface area contributed by atoms with Crippen molar-refractivity contribution in [1.29, 1.82) is 0 Å². The average molecular weight is 288 g/mol. The van der Waals surface area contributed by atoms with E-state index in [-0.39, 0.29) is 5.56 Å². The number of nitrogen functional groups attached to an aromatic ring is 1. The molecule has 3 aromatic rings. The highest BCUT2D eigenvalue weighted by Crippen LogP contribution is 2.33. The number of nitrogens with two attached hydrogens (primary N) is 1. The van der Waals surface area contributed by atoms with Gasteiger partial charge in [-0.1, -0.05) is 0 Å². The molecular formula is C15H10F2N2O2. The van der Waals surface area contributed by atoms with Crippen molar-refractivity contribution in [2.75, 3.05) is 0 Å². The van der Waals surface area contributed by atoms with Gasteiger partial charge in [-0.3, -0.25) is 10.2 Å². The standard InChI is InChI=1S/C15H10F2N2O2/c16-9-2-3-13(17)10(6-9)12-7-21-14-4-1-8(5-11(12)14)15(20)19-18/h1-7H,18H2,(H,19,20). The lowest BCUT2D eigenvalue weighted by Crippen LogP contribution is -2.29. The van der Waals surface area contributed by atoms with Crippen molar-refractivity contribution in [2.45, 2.75) is 0 Å². The number of benzene rings is 2. The summed E-state index contributed by atoms with van der Waals surface area (Å²) < 4.78 is 32.5. The number of carbonyl (C=O) groups is 1. The van der Waals surface area contributed by atoms with Gasteiger partial charge in [0.25, 0.3) is 5.91 Å². The van der Waals surface area contributed by atoms with Gasteiger partial charge in [-0.2, -0.15) is 0 Å². The van der Waals surface area contributed by atoms with Crippen LogP contribution in [-0.4, -0.2) is 5.91 Å². The summed E-state index contributed by atoms with van der Waals surface area (Å²) in [7, 11) is 0. The van der Waals surface area contributed by atoms with Gasteiger partial charge in [0.15, 0.2) is 0 Å². The van der Waals surface area contributed by atoms with Gasteiger partial charge in [0, 0.05) is 22.1 Å². The number of furan rings is 1. The third-order valence-electron chi connectivity index (χ3n) is 3.19. The molecule has 21 heavy (non-hydrogen) atoms. The second-order valence-electron chi connectivity index (χ2n) is 4.46. The number of amides is 1. The fourth-order valence-corrected chi connectivity index (χ4v) is 2.17. The van der Waals surface area contributed by atoms with Crippen molar-refractivity contribution in [2.24, 2.45) is 5.84 Å². The van der Waals surface area contributed by atoms with Gasteiger partial charge in [0.1, 0.15) is 17.2 Å². The highest BCUT2D eigenvalue weighted by molar-refractivity contribution is 6.01. The van der Waals surface area contributed by atoms with Crippen LogP contribution >= 0.6 is 0 Å². The van der Waals surface area contributed by atoms with Crippen LogP contribution in [0.5, 0.6) is 0 Å². The zero-order chi connectivity index (χ0) is 15.0. The Morgan fingerprint density at radius 3 is 2.67 bits per heavy atom. The molecule has 0 spiro atoms. The zero-order valence-electron chi connectivity index (χ0n) is 10.7. The Balaban J connectivity index is 2.23. The fourth-order valence-electron chi connectivity index (χ4n) is 2.17. The van der Waals surface area contributed by atoms with E-state index in [0.29, 0.717) is 22.1 Å². The first-order chi connectivity index (χ1) is 10.1. The Morgan fingerprint density at radius 2 is 1.90 bits per heavy atom. The average Bonchev–Trinajstić information content (AvgIpc) is 2.91. The van der Waals surface area contributed by atoms with Crippen LogP contribution in [0, 0.1) is 11.6 Å². The molecule has 0 bridgehead atoms. The van der Waals surface area contributed by atoms with Crippen molar-refractivity contribution in [3.63, 3.8) is 0 Å². The summed E-state index contributed by atoms with van der Waals surface area (Å²) in [5.74, 6) is 3.47. The molecule has 4 nitrogen and oxygen atoms in total. The molecule has 0 aliphatic rings. The van der Waals surface area contributed by atoms with Gasteiger partial charge in [0.05, 0.1) is 6.26 Å². The Bertz CT molecular complexity index is 843. The van der Waals surface area contributed by atoms with Crippen molar-refractivity contribution in [3.05, 3.63) is 59.9 Å². The Hall–Kier alpha value is -2.73. The molecule has 0 atom stereocenters. The molecule has 1 aromatic heterocycles. The molecular weight excluding hydrogens is 278 g/mol. The summed E-state index contributed by atoms with van der Waals surface area (Å²) in [6, 6.07) is 7.77. The number of halogens is 2.